The Morgan fingerprint density at radius 1 is 1.32 bits per heavy atom. The summed E-state index contributed by atoms with van der Waals surface area (Å²) in [6.07, 6.45) is 1.37. The van der Waals surface area contributed by atoms with Crippen LogP contribution in [0.3, 0.4) is 0 Å². The lowest BCUT2D eigenvalue weighted by atomic mass is 10.3. The second-order valence-corrected chi connectivity index (χ2v) is 5.66. The largest absolute Gasteiger partial charge is 0.497 e. The summed E-state index contributed by atoms with van der Waals surface area (Å²) in [6.45, 7) is -0.414. The van der Waals surface area contributed by atoms with E-state index in [0.717, 1.165) is 0 Å². The minimum Gasteiger partial charge on any atom is -0.497 e. The van der Waals surface area contributed by atoms with E-state index in [1.807, 2.05) is 0 Å². The number of hydrogen-bond donors (Lipinski definition) is 1. The summed E-state index contributed by atoms with van der Waals surface area (Å²) in [5.41, 5.74) is 1.04. The van der Waals surface area contributed by atoms with E-state index in [9.17, 15) is 9.59 Å². The van der Waals surface area contributed by atoms with Gasteiger partial charge in [-0.15, -0.1) is 16.4 Å². The molecule has 25 heavy (non-hydrogen) atoms. The van der Waals surface area contributed by atoms with Crippen molar-refractivity contribution in [2.45, 2.75) is 0 Å². The predicted molar refractivity (Wildman–Crippen MR) is 88.9 cm³/mol. The lowest BCUT2D eigenvalue weighted by Gasteiger charge is -2.08. The van der Waals surface area contributed by atoms with Crippen LogP contribution in [0, 0.1) is 0 Å². The summed E-state index contributed by atoms with van der Waals surface area (Å²) in [5, 5.41) is 15.1. The molecule has 0 aliphatic rings. The van der Waals surface area contributed by atoms with Gasteiger partial charge in [-0.2, -0.15) is 4.68 Å². The maximum Gasteiger partial charge on any atom is 0.351 e. The summed E-state index contributed by atoms with van der Waals surface area (Å²) in [6, 6.07) is 8.55. The first-order valence-corrected chi connectivity index (χ1v) is 7.97. The van der Waals surface area contributed by atoms with Crippen molar-refractivity contribution in [1.29, 1.82) is 0 Å². The molecule has 9 nitrogen and oxygen atoms in total. The van der Waals surface area contributed by atoms with Gasteiger partial charge in [-0.1, -0.05) is 6.07 Å². The fourth-order valence-electron chi connectivity index (χ4n) is 2.00. The minimum absolute atomic E-state index is 0.307. The van der Waals surface area contributed by atoms with Crippen molar-refractivity contribution in [3.05, 3.63) is 46.9 Å². The molecule has 0 unspecified atom stereocenters. The highest BCUT2D eigenvalue weighted by Crippen LogP contribution is 2.21. The zero-order valence-electron chi connectivity index (χ0n) is 13.1. The Hall–Kier alpha value is -3.27. The molecule has 0 fully saturated rings. The number of methoxy groups -OCH3 is 1. The first kappa shape index (κ1) is 16.6. The molecule has 0 saturated carbocycles. The van der Waals surface area contributed by atoms with E-state index in [2.05, 4.69) is 20.8 Å². The third kappa shape index (κ3) is 3.98. The van der Waals surface area contributed by atoms with Crippen molar-refractivity contribution < 1.29 is 19.1 Å². The summed E-state index contributed by atoms with van der Waals surface area (Å²) in [4.78, 5) is 24.4. The van der Waals surface area contributed by atoms with E-state index in [4.69, 9.17) is 9.47 Å². The van der Waals surface area contributed by atoms with Crippen LogP contribution in [0.1, 0.15) is 9.67 Å². The van der Waals surface area contributed by atoms with Crippen LogP contribution in [-0.2, 0) is 9.53 Å². The highest BCUT2D eigenvalue weighted by atomic mass is 32.1. The molecule has 3 rings (SSSR count). The molecule has 128 valence electrons. The fraction of sp³-hybridized carbons (Fsp3) is 0.133. The zero-order valence-corrected chi connectivity index (χ0v) is 13.9. The highest BCUT2D eigenvalue weighted by Gasteiger charge is 2.18. The lowest BCUT2D eigenvalue weighted by molar-refractivity contribution is -0.119. The second kappa shape index (κ2) is 7.53. The number of carbonyl (C=O) groups excluding carboxylic acids is 2. The molecule has 0 aliphatic carbocycles. The van der Waals surface area contributed by atoms with Crippen LogP contribution in [0.4, 0.5) is 5.69 Å². The van der Waals surface area contributed by atoms with Gasteiger partial charge >= 0.3 is 5.97 Å². The van der Waals surface area contributed by atoms with Gasteiger partial charge in [0.25, 0.3) is 5.91 Å². The molecular formula is C15H13N5O4S. The van der Waals surface area contributed by atoms with Crippen molar-refractivity contribution in [2.75, 3.05) is 19.0 Å². The molecule has 3 aromatic rings. The second-order valence-electron chi connectivity index (χ2n) is 4.75. The Labute approximate surface area is 146 Å². The van der Waals surface area contributed by atoms with Crippen LogP contribution < -0.4 is 10.1 Å². The Bertz CT molecular complexity index is 878. The Morgan fingerprint density at radius 3 is 2.96 bits per heavy atom. The number of esters is 1. The number of rotatable bonds is 6. The zero-order chi connectivity index (χ0) is 17.6. The molecular weight excluding hydrogens is 346 g/mol. The Balaban J connectivity index is 1.59. The van der Waals surface area contributed by atoms with Crippen molar-refractivity contribution >= 4 is 28.9 Å². The number of anilines is 1. The average Bonchev–Trinajstić information content (AvgIpc) is 3.30. The minimum atomic E-state index is -0.624. The van der Waals surface area contributed by atoms with Crippen LogP contribution in [0.25, 0.3) is 5.69 Å². The van der Waals surface area contributed by atoms with Gasteiger partial charge in [-0.3, -0.25) is 4.79 Å². The topological polar surface area (TPSA) is 108 Å². The quantitative estimate of drug-likeness (QED) is 0.665. The molecule has 0 saturated heterocycles. The van der Waals surface area contributed by atoms with Crippen LogP contribution in [0.5, 0.6) is 5.75 Å². The third-order valence-electron chi connectivity index (χ3n) is 3.11. The van der Waals surface area contributed by atoms with Crippen LogP contribution in [0.2, 0.25) is 0 Å². The van der Waals surface area contributed by atoms with Gasteiger partial charge in [0, 0.05) is 11.8 Å². The molecule has 0 aliphatic heterocycles. The van der Waals surface area contributed by atoms with Gasteiger partial charge in [0.1, 0.15) is 17.0 Å². The van der Waals surface area contributed by atoms with Gasteiger partial charge in [-0.25, -0.2) is 4.79 Å². The predicted octanol–water partition coefficient (Wildman–Crippen LogP) is 1.53. The molecule has 2 heterocycles. The summed E-state index contributed by atoms with van der Waals surface area (Å²) in [5.74, 6) is -0.470. The van der Waals surface area contributed by atoms with E-state index in [1.54, 1.807) is 35.7 Å². The number of aromatic nitrogens is 4. The van der Waals surface area contributed by atoms with Gasteiger partial charge in [0.05, 0.1) is 12.8 Å². The molecule has 10 heteroatoms. The van der Waals surface area contributed by atoms with Gasteiger partial charge in [0.2, 0.25) is 0 Å². The summed E-state index contributed by atoms with van der Waals surface area (Å²) >= 11 is 1.18. The van der Waals surface area contributed by atoms with Crippen LogP contribution >= 0.6 is 11.3 Å². The highest BCUT2D eigenvalue weighted by molar-refractivity contribution is 7.12. The number of carbonyl (C=O) groups is 2. The number of tetrazole rings is 1. The number of amides is 1. The smallest absolute Gasteiger partial charge is 0.351 e. The number of ether oxygens (including phenoxy) is 2. The normalized spacial score (nSPS) is 10.3. The molecule has 0 atom stereocenters. The number of thiophene rings is 1. The number of nitrogens with zero attached hydrogens (tertiary/aromatic N) is 4. The molecule has 1 N–H and O–H groups in total. The van der Waals surface area contributed by atoms with Crippen LogP contribution in [0.15, 0.2) is 42.0 Å². The lowest BCUT2D eigenvalue weighted by Crippen LogP contribution is -2.21. The first-order valence-electron chi connectivity index (χ1n) is 7.09. The van der Waals surface area contributed by atoms with E-state index in [0.29, 0.717) is 22.0 Å². The number of nitrogens with one attached hydrogen (secondary N) is 1. The van der Waals surface area contributed by atoms with Gasteiger partial charge < -0.3 is 14.8 Å². The van der Waals surface area contributed by atoms with Crippen molar-refractivity contribution in [2.24, 2.45) is 0 Å². The summed E-state index contributed by atoms with van der Waals surface area (Å²) < 4.78 is 11.5. The Morgan fingerprint density at radius 2 is 2.20 bits per heavy atom. The van der Waals surface area contributed by atoms with Crippen molar-refractivity contribution in [3.63, 3.8) is 0 Å². The van der Waals surface area contributed by atoms with Crippen molar-refractivity contribution in [3.8, 4) is 11.4 Å². The molecule has 0 spiro atoms. The molecule has 0 bridgehead atoms. The maximum absolute atomic E-state index is 12.2. The fourth-order valence-corrected chi connectivity index (χ4v) is 2.77. The van der Waals surface area contributed by atoms with Crippen molar-refractivity contribution in [1.82, 2.24) is 20.2 Å². The van der Waals surface area contributed by atoms with Crippen LogP contribution in [-0.4, -0.2) is 45.8 Å². The molecule has 2 aromatic heterocycles. The molecule has 0 radical (unpaired) electrons. The standard InChI is InChI=1S/C15H13N5O4S/c1-23-11-4-2-3-10(7-11)17-13(21)8-24-15(22)14-12(5-6-25-14)20-9-16-18-19-20/h2-7,9H,8H2,1H3,(H,17,21). The summed E-state index contributed by atoms with van der Waals surface area (Å²) in [7, 11) is 1.53. The van der Waals surface area contributed by atoms with E-state index in [1.165, 1.54) is 29.5 Å². The monoisotopic (exact) mass is 359 g/mol. The van der Waals surface area contributed by atoms with E-state index >= 15 is 0 Å². The maximum atomic E-state index is 12.2. The van der Waals surface area contributed by atoms with Gasteiger partial charge in [0.15, 0.2) is 6.61 Å². The van der Waals surface area contributed by atoms with E-state index < -0.39 is 18.5 Å². The number of hydrogen-bond acceptors (Lipinski definition) is 8. The van der Waals surface area contributed by atoms with E-state index in [-0.39, 0.29) is 0 Å². The average molecular weight is 359 g/mol. The SMILES string of the molecule is COc1cccc(NC(=O)COC(=O)c2sccc2-n2cnnn2)c1. The molecule has 1 amide bonds. The first-order chi connectivity index (χ1) is 12.2. The Kier molecular flexibility index (Phi) is 5.00. The van der Waals surface area contributed by atoms with Gasteiger partial charge in [-0.05, 0) is 34.0 Å². The number of benzene rings is 1. The molecule has 1 aromatic carbocycles. The third-order valence-corrected chi connectivity index (χ3v) is 4.00.